The molecule has 1 N–H and O–H groups in total. The Balaban J connectivity index is 2.28. The minimum absolute atomic E-state index is 0.667. The lowest BCUT2D eigenvalue weighted by atomic mass is 9.97. The summed E-state index contributed by atoms with van der Waals surface area (Å²) in [5, 5.41) is 10.3. The van der Waals surface area contributed by atoms with Crippen LogP contribution in [-0.2, 0) is 4.74 Å². The van der Waals surface area contributed by atoms with E-state index < -0.39 is 6.10 Å². The summed E-state index contributed by atoms with van der Waals surface area (Å²) in [5.41, 5.74) is 1.64. The highest BCUT2D eigenvalue weighted by Gasteiger charge is 2.18. The number of aliphatic hydroxyl groups is 1. The van der Waals surface area contributed by atoms with E-state index in [-0.39, 0.29) is 0 Å². The zero-order chi connectivity index (χ0) is 13.0. The van der Waals surface area contributed by atoms with Crippen LogP contribution in [0.25, 0.3) is 0 Å². The molecule has 0 saturated carbocycles. The molecule has 1 aromatic rings. The number of hydrogen-bond acceptors (Lipinski definition) is 4. The molecule has 0 saturated heterocycles. The largest absolute Gasteiger partial charge is 0.501 e. The second kappa shape index (κ2) is 5.78. The van der Waals surface area contributed by atoms with Gasteiger partial charge in [0, 0.05) is 6.07 Å². The first-order chi connectivity index (χ1) is 8.74. The summed E-state index contributed by atoms with van der Waals surface area (Å²) < 4.78 is 15.6. The highest BCUT2D eigenvalue weighted by Crippen LogP contribution is 2.32. The maximum atomic E-state index is 10.3. The maximum Gasteiger partial charge on any atom is 0.122 e. The van der Waals surface area contributed by atoms with E-state index in [0.717, 1.165) is 30.6 Å². The fraction of sp³-hybridized carbons (Fsp3) is 0.429. The third-order valence-electron chi connectivity index (χ3n) is 3.00. The molecule has 0 aromatic heterocycles. The molecule has 1 aliphatic heterocycles. The molecule has 18 heavy (non-hydrogen) atoms. The molecule has 0 bridgehead atoms. The van der Waals surface area contributed by atoms with Crippen molar-refractivity contribution >= 4 is 0 Å². The van der Waals surface area contributed by atoms with Gasteiger partial charge in [-0.2, -0.15) is 0 Å². The summed E-state index contributed by atoms with van der Waals surface area (Å²) in [5.74, 6) is 1.33. The monoisotopic (exact) mass is 250 g/mol. The molecule has 98 valence electrons. The Labute approximate surface area is 107 Å². The molecule has 0 fully saturated rings. The van der Waals surface area contributed by atoms with Gasteiger partial charge in [0.2, 0.25) is 0 Å². The molecular formula is C14H18O4. The lowest BCUT2D eigenvalue weighted by Gasteiger charge is -2.20. The quantitative estimate of drug-likeness (QED) is 0.891. The van der Waals surface area contributed by atoms with E-state index >= 15 is 0 Å². The van der Waals surface area contributed by atoms with Gasteiger partial charge >= 0.3 is 0 Å². The summed E-state index contributed by atoms with van der Waals surface area (Å²) in [6, 6.07) is 5.40. The van der Waals surface area contributed by atoms with Crippen molar-refractivity contribution in [3.05, 3.63) is 35.6 Å². The van der Waals surface area contributed by atoms with Crippen LogP contribution in [0.3, 0.4) is 0 Å². The van der Waals surface area contributed by atoms with Crippen LogP contribution >= 0.6 is 0 Å². The van der Waals surface area contributed by atoms with Gasteiger partial charge < -0.3 is 19.3 Å². The van der Waals surface area contributed by atoms with Crippen molar-refractivity contribution in [2.75, 3.05) is 20.8 Å². The Morgan fingerprint density at radius 3 is 2.33 bits per heavy atom. The van der Waals surface area contributed by atoms with E-state index in [0.29, 0.717) is 11.5 Å². The standard InChI is InChI=1S/C14H18O4/c1-16-12-6-11(7-13(8-12)17-2)14(15)10-4-3-5-18-9-10/h6-9,14-15H,3-5H2,1-2H3. The van der Waals surface area contributed by atoms with Crippen LogP contribution in [0, 0.1) is 0 Å². The summed E-state index contributed by atoms with van der Waals surface area (Å²) in [7, 11) is 3.18. The Kier molecular flexibility index (Phi) is 4.10. The van der Waals surface area contributed by atoms with Crippen molar-refractivity contribution in [2.24, 2.45) is 0 Å². The zero-order valence-corrected chi connectivity index (χ0v) is 10.7. The first-order valence-electron chi connectivity index (χ1n) is 5.96. The van der Waals surface area contributed by atoms with E-state index in [4.69, 9.17) is 14.2 Å². The Morgan fingerprint density at radius 1 is 1.17 bits per heavy atom. The van der Waals surface area contributed by atoms with E-state index in [1.807, 2.05) is 12.1 Å². The number of aliphatic hydroxyl groups excluding tert-OH is 1. The number of benzene rings is 1. The highest BCUT2D eigenvalue weighted by molar-refractivity contribution is 5.41. The molecule has 1 heterocycles. The molecule has 1 atom stereocenters. The lowest BCUT2D eigenvalue weighted by molar-refractivity contribution is 0.170. The smallest absolute Gasteiger partial charge is 0.122 e. The molecule has 1 aliphatic rings. The van der Waals surface area contributed by atoms with Crippen molar-refractivity contribution in [3.63, 3.8) is 0 Å². The van der Waals surface area contributed by atoms with E-state index in [1.54, 1.807) is 26.5 Å². The Morgan fingerprint density at radius 2 is 1.83 bits per heavy atom. The average Bonchev–Trinajstić information content (AvgIpc) is 2.46. The van der Waals surface area contributed by atoms with Gasteiger partial charge in [0.05, 0.1) is 27.1 Å². The average molecular weight is 250 g/mol. The highest BCUT2D eigenvalue weighted by atomic mass is 16.5. The summed E-state index contributed by atoms with van der Waals surface area (Å²) in [6.07, 6.45) is 2.76. The Hall–Kier alpha value is -1.68. The van der Waals surface area contributed by atoms with Crippen molar-refractivity contribution in [1.82, 2.24) is 0 Å². The number of ether oxygens (including phenoxy) is 3. The molecule has 2 rings (SSSR count). The fourth-order valence-electron chi connectivity index (χ4n) is 1.99. The van der Waals surface area contributed by atoms with Crippen LogP contribution in [0.5, 0.6) is 11.5 Å². The minimum Gasteiger partial charge on any atom is -0.501 e. The number of rotatable bonds is 4. The van der Waals surface area contributed by atoms with Crippen molar-refractivity contribution in [1.29, 1.82) is 0 Å². The predicted octanol–water partition coefficient (Wildman–Crippen LogP) is 2.43. The lowest BCUT2D eigenvalue weighted by Crippen LogP contribution is -2.08. The van der Waals surface area contributed by atoms with Gasteiger partial charge in [-0.25, -0.2) is 0 Å². The molecule has 0 aliphatic carbocycles. The molecule has 1 unspecified atom stereocenters. The molecule has 0 spiro atoms. The molecular weight excluding hydrogens is 232 g/mol. The van der Waals surface area contributed by atoms with Gasteiger partial charge in [-0.15, -0.1) is 0 Å². The van der Waals surface area contributed by atoms with E-state index in [9.17, 15) is 5.11 Å². The SMILES string of the molecule is COc1cc(OC)cc(C(O)C2=COCCC2)c1. The van der Waals surface area contributed by atoms with Gasteiger partial charge in [-0.05, 0) is 36.1 Å². The zero-order valence-electron chi connectivity index (χ0n) is 10.7. The van der Waals surface area contributed by atoms with Crippen molar-refractivity contribution in [3.8, 4) is 11.5 Å². The van der Waals surface area contributed by atoms with Crippen LogP contribution in [0.15, 0.2) is 30.0 Å². The third-order valence-corrected chi connectivity index (χ3v) is 3.00. The normalized spacial score (nSPS) is 16.5. The third kappa shape index (κ3) is 2.76. The number of methoxy groups -OCH3 is 2. The number of hydrogen-bond donors (Lipinski definition) is 1. The predicted molar refractivity (Wildman–Crippen MR) is 67.8 cm³/mol. The van der Waals surface area contributed by atoms with Crippen LogP contribution in [0.4, 0.5) is 0 Å². The van der Waals surface area contributed by atoms with Crippen LogP contribution < -0.4 is 9.47 Å². The van der Waals surface area contributed by atoms with Crippen LogP contribution in [0.1, 0.15) is 24.5 Å². The minimum atomic E-state index is -0.672. The summed E-state index contributed by atoms with van der Waals surface area (Å²) in [4.78, 5) is 0. The first kappa shape index (κ1) is 12.8. The van der Waals surface area contributed by atoms with Crippen LogP contribution in [-0.4, -0.2) is 25.9 Å². The Bertz CT molecular complexity index is 417. The van der Waals surface area contributed by atoms with Crippen molar-refractivity contribution in [2.45, 2.75) is 18.9 Å². The second-order valence-electron chi connectivity index (χ2n) is 4.22. The topological polar surface area (TPSA) is 47.9 Å². The molecule has 0 radical (unpaired) electrons. The van der Waals surface area contributed by atoms with Crippen LogP contribution in [0.2, 0.25) is 0 Å². The molecule has 1 aromatic carbocycles. The van der Waals surface area contributed by atoms with Gasteiger partial charge in [-0.3, -0.25) is 0 Å². The van der Waals surface area contributed by atoms with Gasteiger partial charge in [-0.1, -0.05) is 0 Å². The molecule has 4 heteroatoms. The summed E-state index contributed by atoms with van der Waals surface area (Å²) in [6.45, 7) is 0.720. The van der Waals surface area contributed by atoms with Gasteiger partial charge in [0.15, 0.2) is 0 Å². The molecule has 4 nitrogen and oxygen atoms in total. The van der Waals surface area contributed by atoms with E-state index in [2.05, 4.69) is 0 Å². The van der Waals surface area contributed by atoms with Gasteiger partial charge in [0.1, 0.15) is 17.6 Å². The van der Waals surface area contributed by atoms with E-state index in [1.165, 1.54) is 0 Å². The molecule has 0 amide bonds. The van der Waals surface area contributed by atoms with Crippen molar-refractivity contribution < 1.29 is 19.3 Å². The maximum absolute atomic E-state index is 10.3. The first-order valence-corrected chi connectivity index (χ1v) is 5.96. The summed E-state index contributed by atoms with van der Waals surface area (Å²) >= 11 is 0. The van der Waals surface area contributed by atoms with Gasteiger partial charge in [0.25, 0.3) is 0 Å². The fourth-order valence-corrected chi connectivity index (χ4v) is 1.99. The second-order valence-corrected chi connectivity index (χ2v) is 4.22.